The van der Waals surface area contributed by atoms with E-state index in [1.165, 1.54) is 73.7 Å². The molecule has 0 aromatic heterocycles. The van der Waals surface area contributed by atoms with E-state index in [9.17, 15) is 0 Å². The van der Waals surface area contributed by atoms with Crippen LogP contribution in [0.4, 0.5) is 5.69 Å². The predicted octanol–water partition coefficient (Wildman–Crippen LogP) is 5.77. The van der Waals surface area contributed by atoms with Crippen molar-refractivity contribution in [3.63, 3.8) is 0 Å². The van der Waals surface area contributed by atoms with Gasteiger partial charge in [-0.05, 0) is 67.4 Å². The summed E-state index contributed by atoms with van der Waals surface area (Å²) < 4.78 is 0. The Balaban J connectivity index is 2.10. The van der Waals surface area contributed by atoms with Crippen LogP contribution in [0.15, 0.2) is 12.1 Å². The van der Waals surface area contributed by atoms with Gasteiger partial charge in [-0.15, -0.1) is 0 Å². The molecule has 0 aliphatic heterocycles. The number of aryl methyl sites for hydroxylation is 3. The van der Waals surface area contributed by atoms with Crippen molar-refractivity contribution in [3.05, 3.63) is 28.8 Å². The third kappa shape index (κ3) is 5.47. The molecule has 2 N–H and O–H groups in total. The molecule has 0 saturated heterocycles. The van der Waals surface area contributed by atoms with Crippen LogP contribution >= 0.6 is 12.2 Å². The van der Waals surface area contributed by atoms with E-state index in [0.717, 1.165) is 18.0 Å². The lowest BCUT2D eigenvalue weighted by Crippen LogP contribution is -2.39. The minimum absolute atomic E-state index is 0.553. The van der Waals surface area contributed by atoms with E-state index >= 15 is 0 Å². The minimum atomic E-state index is 0.553. The molecular weight excluding hydrogens is 312 g/mol. The smallest absolute Gasteiger partial charge is 0.171 e. The van der Waals surface area contributed by atoms with Crippen molar-refractivity contribution in [2.24, 2.45) is 0 Å². The molecule has 0 amide bonds. The summed E-state index contributed by atoms with van der Waals surface area (Å²) in [5.74, 6) is 0. The van der Waals surface area contributed by atoms with Crippen LogP contribution in [0.2, 0.25) is 0 Å². The molecule has 1 aromatic rings. The Morgan fingerprint density at radius 2 is 1.67 bits per heavy atom. The van der Waals surface area contributed by atoms with Crippen molar-refractivity contribution in [2.45, 2.75) is 91.0 Å². The summed E-state index contributed by atoms with van der Waals surface area (Å²) in [4.78, 5) is 0. The van der Waals surface area contributed by atoms with Crippen LogP contribution < -0.4 is 10.6 Å². The first-order valence-corrected chi connectivity index (χ1v) is 10.3. The zero-order valence-corrected chi connectivity index (χ0v) is 16.5. The van der Waals surface area contributed by atoms with Gasteiger partial charge in [-0.3, -0.25) is 0 Å². The van der Waals surface area contributed by atoms with Crippen molar-refractivity contribution < 1.29 is 0 Å². The first kappa shape index (κ1) is 19.2. The van der Waals surface area contributed by atoms with Gasteiger partial charge < -0.3 is 10.6 Å². The van der Waals surface area contributed by atoms with Crippen molar-refractivity contribution in [1.29, 1.82) is 0 Å². The second-order valence-corrected chi connectivity index (χ2v) is 7.44. The van der Waals surface area contributed by atoms with Gasteiger partial charge in [0.2, 0.25) is 0 Å². The van der Waals surface area contributed by atoms with Crippen molar-refractivity contribution in [2.75, 3.05) is 5.32 Å². The van der Waals surface area contributed by atoms with E-state index < -0.39 is 0 Å². The number of unbranched alkanes of at least 4 members (excludes halogenated alkanes) is 1. The number of nitrogens with one attached hydrogen (secondary N) is 2. The maximum atomic E-state index is 5.61. The zero-order valence-electron chi connectivity index (χ0n) is 15.7. The second kappa shape index (κ2) is 10.0. The molecular formula is C21H34N2S. The molecule has 0 heterocycles. The Labute approximate surface area is 153 Å². The summed E-state index contributed by atoms with van der Waals surface area (Å²) >= 11 is 5.61. The van der Waals surface area contributed by atoms with Gasteiger partial charge in [0.25, 0.3) is 0 Å². The highest BCUT2D eigenvalue weighted by molar-refractivity contribution is 7.80. The third-order valence-corrected chi connectivity index (χ3v) is 5.34. The first-order valence-electron chi connectivity index (χ1n) is 9.90. The SMILES string of the molecule is CCCCc1cc(CC)c(NC(=S)NC2CCCCC2)c(CC)c1. The summed E-state index contributed by atoms with van der Waals surface area (Å²) in [7, 11) is 0. The number of hydrogen-bond donors (Lipinski definition) is 2. The quantitative estimate of drug-likeness (QED) is 0.613. The fourth-order valence-electron chi connectivity index (χ4n) is 3.67. The van der Waals surface area contributed by atoms with E-state index in [4.69, 9.17) is 12.2 Å². The number of rotatable bonds is 7. The van der Waals surface area contributed by atoms with Gasteiger partial charge in [0.15, 0.2) is 5.11 Å². The number of hydrogen-bond acceptors (Lipinski definition) is 1. The molecule has 1 aliphatic rings. The minimum Gasteiger partial charge on any atom is -0.360 e. The average Bonchev–Trinajstić information content (AvgIpc) is 2.61. The summed E-state index contributed by atoms with van der Waals surface area (Å²) in [5, 5.41) is 7.87. The molecule has 1 saturated carbocycles. The number of thiocarbonyl (C=S) groups is 1. The fraction of sp³-hybridized carbons (Fsp3) is 0.667. The average molecular weight is 347 g/mol. The van der Waals surface area contributed by atoms with E-state index in [1.54, 1.807) is 0 Å². The summed E-state index contributed by atoms with van der Waals surface area (Å²) in [5.41, 5.74) is 5.51. The Morgan fingerprint density at radius 1 is 1.04 bits per heavy atom. The topological polar surface area (TPSA) is 24.1 Å². The Morgan fingerprint density at radius 3 is 2.21 bits per heavy atom. The highest BCUT2D eigenvalue weighted by Gasteiger charge is 2.16. The molecule has 0 bridgehead atoms. The van der Waals surface area contributed by atoms with Crippen LogP contribution in [0.1, 0.15) is 82.4 Å². The standard InChI is InChI=1S/C21H34N2S/c1-4-7-11-16-14-17(5-2)20(18(6-3)15-16)23-21(24)22-19-12-9-8-10-13-19/h14-15,19H,4-13H2,1-3H3,(H2,22,23,24). The lowest BCUT2D eigenvalue weighted by molar-refractivity contribution is 0.415. The molecule has 0 radical (unpaired) electrons. The summed E-state index contributed by atoms with van der Waals surface area (Å²) in [6.45, 7) is 6.73. The van der Waals surface area contributed by atoms with E-state index in [-0.39, 0.29) is 0 Å². The Hall–Kier alpha value is -1.09. The fourth-order valence-corrected chi connectivity index (χ4v) is 3.93. The van der Waals surface area contributed by atoms with Crippen molar-refractivity contribution in [1.82, 2.24) is 5.32 Å². The molecule has 2 rings (SSSR count). The van der Waals surface area contributed by atoms with Gasteiger partial charge >= 0.3 is 0 Å². The monoisotopic (exact) mass is 346 g/mol. The molecule has 0 spiro atoms. The van der Waals surface area contributed by atoms with Gasteiger partial charge in [-0.1, -0.05) is 58.6 Å². The van der Waals surface area contributed by atoms with Crippen LogP contribution in [0.5, 0.6) is 0 Å². The van der Waals surface area contributed by atoms with Crippen LogP contribution in [0, 0.1) is 0 Å². The molecule has 2 nitrogen and oxygen atoms in total. The Kier molecular flexibility index (Phi) is 8.04. The Bertz CT molecular complexity index is 508. The molecule has 1 aliphatic carbocycles. The summed E-state index contributed by atoms with van der Waals surface area (Å²) in [6.07, 6.45) is 12.3. The largest absolute Gasteiger partial charge is 0.360 e. The van der Waals surface area contributed by atoms with Crippen LogP contribution in [0.25, 0.3) is 0 Å². The molecule has 1 fully saturated rings. The number of anilines is 1. The van der Waals surface area contributed by atoms with Gasteiger partial charge in [0.05, 0.1) is 0 Å². The van der Waals surface area contributed by atoms with E-state index in [1.807, 2.05) is 0 Å². The third-order valence-electron chi connectivity index (χ3n) is 5.12. The van der Waals surface area contributed by atoms with Crippen molar-refractivity contribution >= 4 is 23.0 Å². The first-order chi connectivity index (χ1) is 11.7. The molecule has 1 aromatic carbocycles. The second-order valence-electron chi connectivity index (χ2n) is 7.03. The molecule has 134 valence electrons. The van der Waals surface area contributed by atoms with E-state index in [2.05, 4.69) is 43.5 Å². The highest BCUT2D eigenvalue weighted by atomic mass is 32.1. The normalized spacial score (nSPS) is 15.3. The van der Waals surface area contributed by atoms with Gasteiger partial charge in [0, 0.05) is 11.7 Å². The maximum Gasteiger partial charge on any atom is 0.171 e. The van der Waals surface area contributed by atoms with Gasteiger partial charge in [-0.2, -0.15) is 0 Å². The van der Waals surface area contributed by atoms with Crippen LogP contribution in [0.3, 0.4) is 0 Å². The van der Waals surface area contributed by atoms with Crippen molar-refractivity contribution in [3.8, 4) is 0 Å². The number of benzene rings is 1. The molecule has 0 unspecified atom stereocenters. The van der Waals surface area contributed by atoms with E-state index in [0.29, 0.717) is 6.04 Å². The maximum absolute atomic E-state index is 5.61. The van der Waals surface area contributed by atoms with Gasteiger partial charge in [0.1, 0.15) is 0 Å². The van der Waals surface area contributed by atoms with Crippen LogP contribution in [-0.4, -0.2) is 11.2 Å². The molecule has 0 atom stereocenters. The summed E-state index contributed by atoms with van der Waals surface area (Å²) in [6, 6.07) is 5.30. The zero-order chi connectivity index (χ0) is 17.4. The predicted molar refractivity (Wildman–Crippen MR) is 110 cm³/mol. The molecule has 24 heavy (non-hydrogen) atoms. The van der Waals surface area contributed by atoms with Crippen LogP contribution in [-0.2, 0) is 19.3 Å². The lowest BCUT2D eigenvalue weighted by atomic mass is 9.95. The molecule has 3 heteroatoms. The van der Waals surface area contributed by atoms with Gasteiger partial charge in [-0.25, -0.2) is 0 Å². The highest BCUT2D eigenvalue weighted by Crippen LogP contribution is 2.26. The lowest BCUT2D eigenvalue weighted by Gasteiger charge is -2.25.